The highest BCUT2D eigenvalue weighted by Crippen LogP contribution is 2.60. The zero-order valence-corrected chi connectivity index (χ0v) is 14.2. The van der Waals surface area contributed by atoms with Crippen molar-refractivity contribution < 1.29 is 9.53 Å². The largest absolute Gasteiger partial charge is 0.463 e. The van der Waals surface area contributed by atoms with Crippen LogP contribution < -0.4 is 0 Å². The summed E-state index contributed by atoms with van der Waals surface area (Å²) in [6.45, 7) is 8.83. The zero-order valence-electron chi connectivity index (χ0n) is 12.7. The average Bonchev–Trinajstić information content (AvgIpc) is 2.70. The second-order valence-corrected chi connectivity index (χ2v) is 7.11. The van der Waals surface area contributed by atoms with E-state index in [4.69, 9.17) is 27.9 Å². The molecule has 0 radical (unpaired) electrons. The maximum absolute atomic E-state index is 12.1. The van der Waals surface area contributed by atoms with E-state index in [0.717, 1.165) is 11.4 Å². The van der Waals surface area contributed by atoms with E-state index in [2.05, 4.69) is 5.10 Å². The van der Waals surface area contributed by atoms with Crippen LogP contribution in [0.1, 0.15) is 25.2 Å². The first-order valence-electron chi connectivity index (χ1n) is 6.94. The number of carbonyl (C=O) groups is 1. The molecule has 1 aliphatic carbocycles. The van der Waals surface area contributed by atoms with E-state index in [1.54, 1.807) is 6.08 Å². The summed E-state index contributed by atoms with van der Waals surface area (Å²) in [7, 11) is 0. The van der Waals surface area contributed by atoms with Crippen LogP contribution in [0.3, 0.4) is 0 Å². The van der Waals surface area contributed by atoms with Gasteiger partial charge in [-0.25, -0.2) is 0 Å². The third-order valence-electron chi connectivity index (χ3n) is 4.12. The molecule has 0 unspecified atom stereocenters. The normalized spacial score (nSPS) is 22.8. The van der Waals surface area contributed by atoms with Crippen molar-refractivity contribution in [2.24, 2.45) is 17.3 Å². The van der Waals surface area contributed by atoms with Gasteiger partial charge < -0.3 is 4.74 Å². The number of allylic oxidation sites excluding steroid dienone is 1. The van der Waals surface area contributed by atoms with Gasteiger partial charge in [-0.15, -0.1) is 0 Å². The number of carbonyl (C=O) groups excluding carboxylic acids is 1. The molecular weight excluding hydrogens is 311 g/mol. The molecule has 0 aromatic carbocycles. The van der Waals surface area contributed by atoms with Gasteiger partial charge in [-0.2, -0.15) is 5.10 Å². The van der Waals surface area contributed by atoms with Crippen LogP contribution in [0.4, 0.5) is 0 Å². The maximum atomic E-state index is 12.1. The van der Waals surface area contributed by atoms with Crippen molar-refractivity contribution in [2.45, 2.75) is 34.2 Å². The highest BCUT2D eigenvalue weighted by atomic mass is 35.5. The first-order valence-corrected chi connectivity index (χ1v) is 7.69. The molecule has 6 heteroatoms. The predicted molar refractivity (Wildman–Crippen MR) is 83.2 cm³/mol. The van der Waals surface area contributed by atoms with Crippen molar-refractivity contribution in [1.29, 1.82) is 0 Å². The highest BCUT2D eigenvalue weighted by Gasteiger charge is 2.61. The van der Waals surface area contributed by atoms with Gasteiger partial charge in [-0.3, -0.25) is 9.48 Å². The summed E-state index contributed by atoms with van der Waals surface area (Å²) in [6.07, 6.45) is 1.72. The van der Waals surface area contributed by atoms with E-state index in [1.807, 2.05) is 38.4 Å². The fourth-order valence-electron chi connectivity index (χ4n) is 2.80. The molecule has 1 aromatic heterocycles. The van der Waals surface area contributed by atoms with Gasteiger partial charge in [0.25, 0.3) is 0 Å². The Kier molecular flexibility index (Phi) is 4.69. The van der Waals surface area contributed by atoms with E-state index < -0.39 is 0 Å². The van der Waals surface area contributed by atoms with Crippen LogP contribution in [0.2, 0.25) is 0 Å². The summed E-state index contributed by atoms with van der Waals surface area (Å²) in [5.41, 5.74) is 1.87. The van der Waals surface area contributed by atoms with Crippen molar-refractivity contribution in [1.82, 2.24) is 9.78 Å². The Balaban J connectivity index is 1.86. The van der Waals surface area contributed by atoms with Crippen LogP contribution in [0, 0.1) is 31.1 Å². The van der Waals surface area contributed by atoms with E-state index in [9.17, 15) is 4.79 Å². The number of aryl methyl sites for hydroxylation is 2. The van der Waals surface area contributed by atoms with Gasteiger partial charge in [-0.05, 0) is 37.3 Å². The quantitative estimate of drug-likeness (QED) is 0.774. The summed E-state index contributed by atoms with van der Waals surface area (Å²) < 4.78 is 7.41. The van der Waals surface area contributed by atoms with Crippen molar-refractivity contribution in [3.05, 3.63) is 28.0 Å². The van der Waals surface area contributed by atoms with Crippen molar-refractivity contribution in [3.63, 3.8) is 0 Å². The predicted octanol–water partition coefficient (Wildman–Crippen LogP) is 3.63. The number of ether oxygens (including phenoxy) is 1. The third kappa shape index (κ3) is 3.61. The van der Waals surface area contributed by atoms with Crippen molar-refractivity contribution in [2.75, 3.05) is 6.61 Å². The minimum absolute atomic E-state index is 0.0451. The van der Waals surface area contributed by atoms with Gasteiger partial charge in [0.05, 0.1) is 18.2 Å². The Labute approximate surface area is 135 Å². The summed E-state index contributed by atoms with van der Waals surface area (Å²) in [5.74, 6) is -0.327. The van der Waals surface area contributed by atoms with Gasteiger partial charge in [0.2, 0.25) is 0 Å². The van der Waals surface area contributed by atoms with E-state index in [1.165, 1.54) is 0 Å². The smallest absolute Gasteiger partial charge is 0.310 e. The Morgan fingerprint density at radius 3 is 2.67 bits per heavy atom. The topological polar surface area (TPSA) is 44.1 Å². The van der Waals surface area contributed by atoms with E-state index in [0.29, 0.717) is 13.2 Å². The Morgan fingerprint density at radius 2 is 2.14 bits per heavy atom. The average molecular weight is 331 g/mol. The molecule has 1 saturated carbocycles. The van der Waals surface area contributed by atoms with E-state index >= 15 is 0 Å². The molecule has 0 saturated heterocycles. The summed E-state index contributed by atoms with van der Waals surface area (Å²) >= 11 is 11.4. The molecule has 0 N–H and O–H groups in total. The van der Waals surface area contributed by atoms with Crippen LogP contribution in [0.25, 0.3) is 0 Å². The van der Waals surface area contributed by atoms with Crippen LogP contribution >= 0.6 is 23.2 Å². The molecule has 1 aliphatic rings. The van der Waals surface area contributed by atoms with Crippen molar-refractivity contribution >= 4 is 29.2 Å². The minimum Gasteiger partial charge on any atom is -0.463 e. The second-order valence-electron chi connectivity index (χ2n) is 6.10. The molecule has 0 spiro atoms. The SMILES string of the molecule is Cc1cc(C)n(CCOC(=O)[C@H]2[C@@H](C=C(Cl)Cl)C2(C)C)n1. The molecule has 2 atom stereocenters. The Hall–Kier alpha value is -1.000. The molecule has 1 fully saturated rings. The summed E-state index contributed by atoms with van der Waals surface area (Å²) in [4.78, 5) is 12.1. The van der Waals surface area contributed by atoms with E-state index in [-0.39, 0.29) is 27.7 Å². The Morgan fingerprint density at radius 1 is 1.48 bits per heavy atom. The molecule has 2 rings (SSSR count). The standard InChI is InChI=1S/C15H20Cl2N2O2/c1-9-7-10(2)19(18-9)5-6-21-14(20)13-11(8-12(16)17)15(13,3)4/h7-8,11,13H,5-6H2,1-4H3/t11-,13-/m1/s1. The van der Waals surface area contributed by atoms with Crippen molar-refractivity contribution in [3.8, 4) is 0 Å². The summed E-state index contributed by atoms with van der Waals surface area (Å²) in [6, 6.07) is 2.00. The molecule has 0 aliphatic heterocycles. The van der Waals surface area contributed by atoms with Crippen LogP contribution in [-0.4, -0.2) is 22.4 Å². The maximum Gasteiger partial charge on any atom is 0.310 e. The monoisotopic (exact) mass is 330 g/mol. The first-order chi connectivity index (χ1) is 9.73. The number of hydrogen-bond acceptors (Lipinski definition) is 3. The van der Waals surface area contributed by atoms with Gasteiger partial charge in [0.1, 0.15) is 11.1 Å². The molecule has 1 heterocycles. The van der Waals surface area contributed by atoms with Gasteiger partial charge in [0, 0.05) is 5.69 Å². The van der Waals surface area contributed by atoms with Gasteiger partial charge in [-0.1, -0.05) is 37.0 Å². The molecule has 1 aromatic rings. The van der Waals surface area contributed by atoms with Gasteiger partial charge in [0.15, 0.2) is 0 Å². The molecule has 4 nitrogen and oxygen atoms in total. The molecular formula is C15H20Cl2N2O2. The van der Waals surface area contributed by atoms with Gasteiger partial charge >= 0.3 is 5.97 Å². The molecule has 0 amide bonds. The number of esters is 1. The number of halogens is 2. The highest BCUT2D eigenvalue weighted by molar-refractivity contribution is 6.55. The van der Waals surface area contributed by atoms with Crippen LogP contribution in [0.5, 0.6) is 0 Å². The lowest BCUT2D eigenvalue weighted by Crippen LogP contribution is -2.16. The molecule has 116 valence electrons. The fourth-order valence-corrected chi connectivity index (χ4v) is 3.07. The lowest BCUT2D eigenvalue weighted by molar-refractivity contribution is -0.146. The lowest BCUT2D eigenvalue weighted by Gasteiger charge is -2.07. The van der Waals surface area contributed by atoms with Crippen LogP contribution in [0.15, 0.2) is 16.6 Å². The number of hydrogen-bond donors (Lipinski definition) is 0. The number of nitrogens with zero attached hydrogens (tertiary/aromatic N) is 2. The molecule has 21 heavy (non-hydrogen) atoms. The first kappa shape index (κ1) is 16.4. The Bertz CT molecular complexity index is 574. The minimum atomic E-state index is -0.197. The number of aromatic nitrogens is 2. The summed E-state index contributed by atoms with van der Waals surface area (Å²) in [5, 5.41) is 4.33. The zero-order chi connectivity index (χ0) is 15.8. The second kappa shape index (κ2) is 6.01. The third-order valence-corrected chi connectivity index (χ3v) is 4.37. The fraction of sp³-hybridized carbons (Fsp3) is 0.600. The number of rotatable bonds is 5. The van der Waals surface area contributed by atoms with Crippen LogP contribution in [-0.2, 0) is 16.1 Å². The lowest BCUT2D eigenvalue weighted by atomic mass is 10.1. The molecule has 0 bridgehead atoms.